The molecular weight excluding hydrogens is 292 g/mol. The van der Waals surface area contributed by atoms with Gasteiger partial charge in [-0.15, -0.1) is 0 Å². The quantitative estimate of drug-likeness (QED) is 0.713. The highest BCUT2D eigenvalue weighted by Gasteiger charge is 2.30. The molecule has 1 aromatic heterocycles. The fourth-order valence-corrected chi connectivity index (χ4v) is 5.30. The van der Waals surface area contributed by atoms with Crippen molar-refractivity contribution in [3.63, 3.8) is 0 Å². The molecule has 108 valence electrons. The molecule has 2 rings (SSSR count). The minimum absolute atomic E-state index is 0.0242. The van der Waals surface area contributed by atoms with Crippen LogP contribution < -0.4 is 10.5 Å². The van der Waals surface area contributed by atoms with Gasteiger partial charge in [0.05, 0.1) is 17.8 Å². The fourth-order valence-electron chi connectivity index (χ4n) is 2.09. The second kappa shape index (κ2) is 4.76. The Labute approximate surface area is 112 Å². The van der Waals surface area contributed by atoms with Gasteiger partial charge in [-0.1, -0.05) is 0 Å². The molecule has 1 saturated heterocycles. The lowest BCUT2D eigenvalue weighted by atomic mass is 10.1. The molecule has 1 atom stereocenters. The molecule has 0 aromatic carbocycles. The summed E-state index contributed by atoms with van der Waals surface area (Å²) in [5, 5.41) is -0.103. The van der Waals surface area contributed by atoms with Gasteiger partial charge in [-0.3, -0.25) is 0 Å². The van der Waals surface area contributed by atoms with Crippen molar-refractivity contribution in [3.8, 4) is 0 Å². The van der Waals surface area contributed by atoms with Crippen molar-refractivity contribution in [1.82, 2.24) is 14.3 Å². The zero-order chi connectivity index (χ0) is 14.3. The first-order valence-corrected chi connectivity index (χ1v) is 8.98. The van der Waals surface area contributed by atoms with E-state index in [2.05, 4.69) is 9.71 Å². The van der Waals surface area contributed by atoms with Crippen molar-refractivity contribution in [1.29, 1.82) is 0 Å². The third-order valence-corrected chi connectivity index (χ3v) is 6.44. The Morgan fingerprint density at radius 2 is 2.26 bits per heavy atom. The lowest BCUT2D eigenvalue weighted by molar-refractivity contribution is 0.538. The Morgan fingerprint density at radius 3 is 2.74 bits per heavy atom. The number of nitrogens with one attached hydrogen (secondary N) is 1. The second-order valence-electron chi connectivity index (χ2n) is 4.67. The molecule has 1 fully saturated rings. The Morgan fingerprint density at radius 1 is 1.58 bits per heavy atom. The van der Waals surface area contributed by atoms with E-state index in [1.165, 1.54) is 17.9 Å². The van der Waals surface area contributed by atoms with Crippen LogP contribution in [0.15, 0.2) is 11.4 Å². The predicted octanol–water partition coefficient (Wildman–Crippen LogP) is -1.28. The number of nitrogens with zero attached hydrogens (tertiary/aromatic N) is 2. The first-order chi connectivity index (χ1) is 8.71. The monoisotopic (exact) mass is 308 g/mol. The van der Waals surface area contributed by atoms with Crippen LogP contribution in [0.2, 0.25) is 0 Å². The maximum Gasteiger partial charge on any atom is 0.260 e. The largest absolute Gasteiger partial charge is 0.381 e. The van der Waals surface area contributed by atoms with Crippen LogP contribution in [0.5, 0.6) is 0 Å². The van der Waals surface area contributed by atoms with E-state index in [0.29, 0.717) is 6.42 Å². The van der Waals surface area contributed by atoms with Crippen LogP contribution in [0, 0.1) is 5.92 Å². The van der Waals surface area contributed by atoms with Crippen molar-refractivity contribution in [2.45, 2.75) is 11.4 Å². The Bertz CT molecular complexity index is 658. The molecule has 8 nitrogen and oxygen atoms in total. The molecule has 1 aromatic rings. The van der Waals surface area contributed by atoms with Crippen molar-refractivity contribution < 1.29 is 16.8 Å². The Balaban J connectivity index is 2.07. The average molecular weight is 308 g/mol. The molecular formula is C9H16N4O4S2. The van der Waals surface area contributed by atoms with E-state index in [1.54, 1.807) is 0 Å². The van der Waals surface area contributed by atoms with E-state index in [4.69, 9.17) is 5.73 Å². The summed E-state index contributed by atoms with van der Waals surface area (Å²) >= 11 is 0. The Hall–Kier alpha value is -1.13. The predicted molar refractivity (Wildman–Crippen MR) is 69.6 cm³/mol. The van der Waals surface area contributed by atoms with Crippen LogP contribution in [0.25, 0.3) is 0 Å². The summed E-state index contributed by atoms with van der Waals surface area (Å²) in [6.07, 6.45) is 1.79. The van der Waals surface area contributed by atoms with E-state index in [0.717, 1.165) is 0 Å². The molecule has 19 heavy (non-hydrogen) atoms. The van der Waals surface area contributed by atoms with Gasteiger partial charge in [-0.2, -0.15) is 0 Å². The topological polar surface area (TPSA) is 124 Å². The summed E-state index contributed by atoms with van der Waals surface area (Å²) in [6, 6.07) is 0. The lowest BCUT2D eigenvalue weighted by Gasteiger charge is -2.11. The summed E-state index contributed by atoms with van der Waals surface area (Å²) in [7, 11) is -5.26. The van der Waals surface area contributed by atoms with Gasteiger partial charge < -0.3 is 10.3 Å². The molecule has 3 N–H and O–H groups in total. The smallest absolute Gasteiger partial charge is 0.260 e. The number of nitrogen functional groups attached to an aromatic ring is 1. The van der Waals surface area contributed by atoms with Crippen LogP contribution in [-0.2, 0) is 26.9 Å². The number of nitrogens with two attached hydrogens (primary N) is 1. The number of aryl methyl sites for hydroxylation is 1. The fraction of sp³-hybridized carbons (Fsp3) is 0.667. The van der Waals surface area contributed by atoms with Gasteiger partial charge in [-0.25, -0.2) is 26.5 Å². The molecule has 1 unspecified atom stereocenters. The third-order valence-electron chi connectivity index (χ3n) is 3.05. The third kappa shape index (κ3) is 3.07. The van der Waals surface area contributed by atoms with Gasteiger partial charge in [0.25, 0.3) is 10.0 Å². The molecule has 0 saturated carbocycles. The number of hydrogen-bond acceptors (Lipinski definition) is 6. The first-order valence-electron chi connectivity index (χ1n) is 5.68. The van der Waals surface area contributed by atoms with Crippen LogP contribution in [0.4, 0.5) is 5.82 Å². The van der Waals surface area contributed by atoms with Gasteiger partial charge in [0, 0.05) is 13.6 Å². The molecule has 0 radical (unpaired) electrons. The van der Waals surface area contributed by atoms with Crippen molar-refractivity contribution in [2.75, 3.05) is 23.8 Å². The van der Waals surface area contributed by atoms with Gasteiger partial charge in [0.15, 0.2) is 20.7 Å². The minimum atomic E-state index is -3.77. The maximum absolute atomic E-state index is 12.1. The zero-order valence-corrected chi connectivity index (χ0v) is 12.0. The summed E-state index contributed by atoms with van der Waals surface area (Å²) in [4.78, 5) is 3.71. The van der Waals surface area contributed by atoms with E-state index in [-0.39, 0.29) is 34.8 Å². The van der Waals surface area contributed by atoms with E-state index < -0.39 is 19.9 Å². The summed E-state index contributed by atoms with van der Waals surface area (Å²) < 4.78 is 50.4. The summed E-state index contributed by atoms with van der Waals surface area (Å²) in [5.41, 5.74) is 5.51. The highest BCUT2D eigenvalue weighted by Crippen LogP contribution is 2.19. The summed E-state index contributed by atoms with van der Waals surface area (Å²) in [5.74, 6) is -0.118. The minimum Gasteiger partial charge on any atom is -0.381 e. The number of hydrogen-bond donors (Lipinski definition) is 2. The molecule has 2 heterocycles. The van der Waals surface area contributed by atoms with Crippen molar-refractivity contribution in [2.24, 2.45) is 13.0 Å². The van der Waals surface area contributed by atoms with Gasteiger partial charge >= 0.3 is 0 Å². The van der Waals surface area contributed by atoms with Crippen molar-refractivity contribution >= 4 is 25.7 Å². The normalized spacial score (nSPS) is 22.7. The number of aromatic nitrogens is 2. The number of sulfonamides is 1. The molecule has 0 aliphatic carbocycles. The lowest BCUT2D eigenvalue weighted by Crippen LogP contribution is -2.31. The standard InChI is InChI=1S/C9H16N4O4S2/c1-13-6-11-8(10)9(13)19(16,17)12-4-7-2-3-18(14,15)5-7/h6-7,12H,2-5,10H2,1H3. The van der Waals surface area contributed by atoms with Gasteiger partial charge in [-0.05, 0) is 12.3 Å². The molecule has 0 bridgehead atoms. The van der Waals surface area contributed by atoms with Crippen LogP contribution >= 0.6 is 0 Å². The maximum atomic E-state index is 12.1. The number of sulfone groups is 1. The highest BCUT2D eigenvalue weighted by atomic mass is 32.2. The van der Waals surface area contributed by atoms with Gasteiger partial charge in [0.1, 0.15) is 0 Å². The van der Waals surface area contributed by atoms with Crippen LogP contribution in [0.1, 0.15) is 6.42 Å². The average Bonchev–Trinajstić information content (AvgIpc) is 2.79. The second-order valence-corrected chi connectivity index (χ2v) is 8.58. The molecule has 0 spiro atoms. The molecule has 0 amide bonds. The number of anilines is 1. The van der Waals surface area contributed by atoms with E-state index >= 15 is 0 Å². The SMILES string of the molecule is Cn1cnc(N)c1S(=O)(=O)NCC1CCS(=O)(=O)C1. The number of rotatable bonds is 4. The summed E-state index contributed by atoms with van der Waals surface area (Å²) in [6.45, 7) is 0.0895. The highest BCUT2D eigenvalue weighted by molar-refractivity contribution is 7.91. The molecule has 10 heteroatoms. The Kier molecular flexibility index (Phi) is 3.58. The van der Waals surface area contributed by atoms with E-state index in [9.17, 15) is 16.8 Å². The van der Waals surface area contributed by atoms with Crippen molar-refractivity contribution in [3.05, 3.63) is 6.33 Å². The van der Waals surface area contributed by atoms with E-state index in [1.807, 2.05) is 0 Å². The van der Waals surface area contributed by atoms with Crippen LogP contribution in [-0.4, -0.2) is 44.4 Å². The number of imidazole rings is 1. The van der Waals surface area contributed by atoms with Gasteiger partial charge in [0.2, 0.25) is 0 Å². The molecule has 1 aliphatic heterocycles. The first kappa shape index (κ1) is 14.3. The zero-order valence-electron chi connectivity index (χ0n) is 10.4. The molecule has 1 aliphatic rings. The van der Waals surface area contributed by atoms with Crippen LogP contribution in [0.3, 0.4) is 0 Å².